The molecule has 0 saturated heterocycles. The van der Waals surface area contributed by atoms with E-state index in [1.807, 2.05) is 23.6 Å². The van der Waals surface area contributed by atoms with Crippen molar-refractivity contribution in [3.8, 4) is 12.1 Å². The summed E-state index contributed by atoms with van der Waals surface area (Å²) in [5.41, 5.74) is 1.57. The van der Waals surface area contributed by atoms with Crippen LogP contribution < -0.4 is 0 Å². The molecule has 4 nitrogen and oxygen atoms in total. The first-order valence-corrected chi connectivity index (χ1v) is 6.00. The number of hydrogen-bond donors (Lipinski definition) is 0. The van der Waals surface area contributed by atoms with Crippen molar-refractivity contribution in [3.05, 3.63) is 38.5 Å². The van der Waals surface area contributed by atoms with Crippen molar-refractivity contribution in [2.75, 3.05) is 0 Å². The fourth-order valence-electron chi connectivity index (χ4n) is 1.33. The lowest BCUT2D eigenvalue weighted by molar-refractivity contribution is 0.788. The number of nitriles is 2. The Morgan fingerprint density at radius 3 is 2.81 bits per heavy atom. The van der Waals surface area contributed by atoms with Crippen molar-refractivity contribution >= 4 is 27.3 Å². The van der Waals surface area contributed by atoms with Crippen molar-refractivity contribution in [2.24, 2.45) is 0 Å². The van der Waals surface area contributed by atoms with E-state index in [2.05, 4.69) is 20.9 Å². The third-order valence-corrected chi connectivity index (χ3v) is 3.58. The number of imidazole rings is 1. The zero-order valence-electron chi connectivity index (χ0n) is 8.01. The van der Waals surface area contributed by atoms with Crippen LogP contribution in [0.4, 0.5) is 0 Å². The largest absolute Gasteiger partial charge is 0.317 e. The van der Waals surface area contributed by atoms with Gasteiger partial charge in [0.1, 0.15) is 12.1 Å². The Morgan fingerprint density at radius 2 is 2.25 bits per heavy atom. The Kier molecular flexibility index (Phi) is 3.04. The first-order chi connectivity index (χ1) is 7.74. The van der Waals surface area contributed by atoms with Crippen molar-refractivity contribution in [2.45, 2.75) is 6.54 Å². The van der Waals surface area contributed by atoms with Crippen LogP contribution in [0.25, 0.3) is 0 Å². The lowest BCUT2D eigenvalue weighted by Crippen LogP contribution is -2.00. The number of halogens is 1. The monoisotopic (exact) mass is 292 g/mol. The van der Waals surface area contributed by atoms with E-state index in [9.17, 15) is 0 Å². The van der Waals surface area contributed by atoms with E-state index in [4.69, 9.17) is 10.5 Å². The molecule has 0 fully saturated rings. The van der Waals surface area contributed by atoms with Crippen molar-refractivity contribution in [1.29, 1.82) is 10.5 Å². The first kappa shape index (κ1) is 10.9. The molecule has 2 aromatic rings. The van der Waals surface area contributed by atoms with Crippen LogP contribution in [0.5, 0.6) is 0 Å². The number of hydrogen-bond acceptors (Lipinski definition) is 4. The fraction of sp³-hybridized carbons (Fsp3) is 0.100. The van der Waals surface area contributed by atoms with Crippen LogP contribution in [-0.2, 0) is 6.54 Å². The predicted molar refractivity (Wildman–Crippen MR) is 62.8 cm³/mol. The van der Waals surface area contributed by atoms with Gasteiger partial charge in [-0.3, -0.25) is 0 Å². The summed E-state index contributed by atoms with van der Waals surface area (Å²) in [6, 6.07) is 5.87. The van der Waals surface area contributed by atoms with E-state index in [1.165, 1.54) is 6.33 Å². The Balaban J connectivity index is 2.33. The molecule has 16 heavy (non-hydrogen) atoms. The maximum atomic E-state index is 8.93. The van der Waals surface area contributed by atoms with Gasteiger partial charge in [-0.15, -0.1) is 11.3 Å². The van der Waals surface area contributed by atoms with E-state index < -0.39 is 0 Å². The summed E-state index contributed by atoms with van der Waals surface area (Å²) in [5.74, 6) is 0. The molecule has 0 radical (unpaired) electrons. The van der Waals surface area contributed by atoms with Gasteiger partial charge in [0.2, 0.25) is 0 Å². The molecular weight excluding hydrogens is 288 g/mol. The third-order valence-electron chi connectivity index (χ3n) is 2.02. The van der Waals surface area contributed by atoms with Crippen LogP contribution in [0.15, 0.2) is 21.6 Å². The highest BCUT2D eigenvalue weighted by atomic mass is 79.9. The molecule has 0 spiro atoms. The molecule has 0 unspecified atom stereocenters. The fourth-order valence-corrected chi connectivity index (χ4v) is 2.53. The number of thiophene rings is 1. The van der Waals surface area contributed by atoms with Crippen LogP contribution in [0.3, 0.4) is 0 Å². The minimum Gasteiger partial charge on any atom is -0.317 e. The lowest BCUT2D eigenvalue weighted by Gasteiger charge is -2.00. The van der Waals surface area contributed by atoms with Gasteiger partial charge in [-0.25, -0.2) is 4.98 Å². The van der Waals surface area contributed by atoms with Gasteiger partial charge in [0.25, 0.3) is 0 Å². The summed E-state index contributed by atoms with van der Waals surface area (Å²) < 4.78 is 2.72. The molecule has 0 saturated carbocycles. The normalized spacial score (nSPS) is 9.69. The van der Waals surface area contributed by atoms with Gasteiger partial charge in [-0.1, -0.05) is 0 Å². The summed E-state index contributed by atoms with van der Waals surface area (Å²) >= 11 is 4.96. The minimum absolute atomic E-state index is 0.178. The summed E-state index contributed by atoms with van der Waals surface area (Å²) in [5, 5.41) is 19.7. The van der Waals surface area contributed by atoms with Gasteiger partial charge in [-0.2, -0.15) is 10.5 Å². The van der Waals surface area contributed by atoms with Crippen LogP contribution in [0.2, 0.25) is 0 Å². The van der Waals surface area contributed by atoms with Crippen LogP contribution in [0.1, 0.15) is 17.0 Å². The van der Waals surface area contributed by atoms with Crippen molar-refractivity contribution < 1.29 is 0 Å². The molecule has 0 aliphatic rings. The molecule has 0 atom stereocenters. The molecule has 0 aromatic carbocycles. The standard InChI is InChI=1S/C10H5BrN4S/c11-10-1-7(5-16-10)4-15-6-14-8(2-12)9(15)3-13/h1,5-6H,4H2. The highest BCUT2D eigenvalue weighted by molar-refractivity contribution is 9.11. The van der Waals surface area contributed by atoms with Crippen LogP contribution >= 0.6 is 27.3 Å². The maximum Gasteiger partial charge on any atom is 0.176 e. The van der Waals surface area contributed by atoms with Gasteiger partial charge in [0.05, 0.1) is 16.7 Å². The molecule has 78 valence electrons. The SMILES string of the molecule is N#Cc1ncn(Cc2csc(Br)c2)c1C#N. The average Bonchev–Trinajstić information content (AvgIpc) is 2.85. The smallest absolute Gasteiger partial charge is 0.176 e. The van der Waals surface area contributed by atoms with Gasteiger partial charge in [-0.05, 0) is 32.9 Å². The second-order valence-corrected chi connectivity index (χ2v) is 5.34. The molecule has 0 aliphatic heterocycles. The Bertz CT molecular complexity index is 599. The van der Waals surface area contributed by atoms with Crippen LogP contribution in [0, 0.1) is 22.7 Å². The summed E-state index contributed by atoms with van der Waals surface area (Å²) in [7, 11) is 0. The highest BCUT2D eigenvalue weighted by Gasteiger charge is 2.10. The highest BCUT2D eigenvalue weighted by Crippen LogP contribution is 2.21. The van der Waals surface area contributed by atoms with Crippen LogP contribution in [-0.4, -0.2) is 9.55 Å². The number of aromatic nitrogens is 2. The first-order valence-electron chi connectivity index (χ1n) is 4.33. The molecular formula is C10H5BrN4S. The minimum atomic E-state index is 0.178. The van der Waals surface area contributed by atoms with E-state index in [0.717, 1.165) is 9.35 Å². The van der Waals surface area contributed by atoms with Crippen molar-refractivity contribution in [1.82, 2.24) is 9.55 Å². The second-order valence-electron chi connectivity index (χ2n) is 3.05. The predicted octanol–water partition coefficient (Wildman–Crippen LogP) is 2.50. The number of rotatable bonds is 2. The molecule has 2 aromatic heterocycles. The number of nitrogens with zero attached hydrogens (tertiary/aromatic N) is 4. The summed E-state index contributed by atoms with van der Waals surface area (Å²) in [4.78, 5) is 3.88. The molecule has 0 aliphatic carbocycles. The van der Waals surface area contributed by atoms with E-state index in [-0.39, 0.29) is 5.69 Å². The van der Waals surface area contributed by atoms with E-state index in [0.29, 0.717) is 12.2 Å². The van der Waals surface area contributed by atoms with Crippen molar-refractivity contribution in [3.63, 3.8) is 0 Å². The Morgan fingerprint density at radius 1 is 1.44 bits per heavy atom. The molecule has 2 heterocycles. The van der Waals surface area contributed by atoms with Gasteiger partial charge in [0.15, 0.2) is 11.4 Å². The molecule has 6 heteroatoms. The van der Waals surface area contributed by atoms with Gasteiger partial charge in [0, 0.05) is 0 Å². The van der Waals surface area contributed by atoms with E-state index >= 15 is 0 Å². The maximum absolute atomic E-state index is 8.93. The molecule has 0 amide bonds. The van der Waals surface area contributed by atoms with Gasteiger partial charge >= 0.3 is 0 Å². The zero-order valence-corrected chi connectivity index (χ0v) is 10.4. The second kappa shape index (κ2) is 4.48. The topological polar surface area (TPSA) is 65.4 Å². The summed E-state index contributed by atoms with van der Waals surface area (Å²) in [6.07, 6.45) is 1.52. The Labute approximate surface area is 105 Å². The quantitative estimate of drug-likeness (QED) is 0.854. The summed E-state index contributed by atoms with van der Waals surface area (Å²) in [6.45, 7) is 0.555. The third kappa shape index (κ3) is 1.99. The Hall–Kier alpha value is -1.63. The molecule has 2 rings (SSSR count). The zero-order chi connectivity index (χ0) is 11.5. The molecule has 0 bridgehead atoms. The molecule has 0 N–H and O–H groups in total. The average molecular weight is 293 g/mol. The van der Waals surface area contributed by atoms with Gasteiger partial charge < -0.3 is 4.57 Å². The van der Waals surface area contributed by atoms with E-state index in [1.54, 1.807) is 15.9 Å². The lowest BCUT2D eigenvalue weighted by atomic mass is 10.3.